The second-order valence-corrected chi connectivity index (χ2v) is 9.39. The summed E-state index contributed by atoms with van der Waals surface area (Å²) >= 11 is 6.14. The largest absolute Gasteiger partial charge is 0.381 e. The first kappa shape index (κ1) is 19.4. The fourth-order valence-corrected chi connectivity index (χ4v) is 6.43. The average molecular weight is 394 g/mol. The zero-order valence-electron chi connectivity index (χ0n) is 15.0. The van der Waals surface area contributed by atoms with Gasteiger partial charge in [-0.3, -0.25) is 0 Å². The highest BCUT2D eigenvalue weighted by Crippen LogP contribution is 2.63. The van der Waals surface area contributed by atoms with Crippen LogP contribution in [0.2, 0.25) is 5.02 Å². The van der Waals surface area contributed by atoms with Crippen molar-refractivity contribution in [2.45, 2.75) is 29.9 Å². The second kappa shape index (κ2) is 7.31. The lowest BCUT2D eigenvalue weighted by Gasteiger charge is -2.16. The summed E-state index contributed by atoms with van der Waals surface area (Å²) in [6.45, 7) is 4.89. The molecule has 0 heterocycles. The maximum Gasteiger partial charge on any atom is 0.182 e. The Hall–Kier alpha value is -1.40. The monoisotopic (exact) mass is 393 g/mol. The predicted molar refractivity (Wildman–Crippen MR) is 104 cm³/mol. The number of benzene rings is 2. The molecule has 4 nitrogen and oxygen atoms in total. The number of hydrogen-bond acceptors (Lipinski definition) is 4. The van der Waals surface area contributed by atoms with Gasteiger partial charge in [-0.25, -0.2) is 8.42 Å². The topological polar surface area (TPSA) is 69.4 Å². The van der Waals surface area contributed by atoms with Crippen molar-refractivity contribution in [2.75, 3.05) is 19.8 Å². The molecule has 0 aromatic heterocycles. The summed E-state index contributed by atoms with van der Waals surface area (Å²) < 4.78 is 32.4. The predicted octanol–water partition coefficient (Wildman–Crippen LogP) is 3.57. The third-order valence-corrected chi connectivity index (χ3v) is 7.80. The first-order valence-corrected chi connectivity index (χ1v) is 10.6. The van der Waals surface area contributed by atoms with Gasteiger partial charge in [-0.05, 0) is 43.7 Å². The molecule has 1 fully saturated rings. The minimum Gasteiger partial charge on any atom is -0.381 e. The van der Waals surface area contributed by atoms with Gasteiger partial charge >= 0.3 is 0 Å². The highest BCUT2D eigenvalue weighted by molar-refractivity contribution is 7.92. The van der Waals surface area contributed by atoms with E-state index in [9.17, 15) is 8.42 Å². The molecule has 1 aliphatic rings. The maximum absolute atomic E-state index is 13.4. The zero-order chi connectivity index (χ0) is 18.9. The Labute approximate surface area is 160 Å². The molecule has 1 saturated carbocycles. The fourth-order valence-electron chi connectivity index (χ4n) is 3.79. The van der Waals surface area contributed by atoms with Gasteiger partial charge in [0.25, 0.3) is 0 Å². The van der Waals surface area contributed by atoms with Gasteiger partial charge in [0.15, 0.2) is 9.84 Å². The van der Waals surface area contributed by atoms with Gasteiger partial charge in [-0.2, -0.15) is 0 Å². The molecule has 0 radical (unpaired) electrons. The van der Waals surface area contributed by atoms with Crippen LogP contribution in [0.5, 0.6) is 0 Å². The molecule has 0 unspecified atom stereocenters. The summed E-state index contributed by atoms with van der Waals surface area (Å²) in [6.07, 6.45) is 0. The van der Waals surface area contributed by atoms with Crippen molar-refractivity contribution in [3.63, 3.8) is 0 Å². The Bertz CT molecular complexity index is 882. The van der Waals surface area contributed by atoms with Gasteiger partial charge < -0.3 is 10.5 Å². The highest BCUT2D eigenvalue weighted by atomic mass is 35.5. The van der Waals surface area contributed by atoms with Crippen LogP contribution in [-0.2, 0) is 14.6 Å². The molecule has 2 aromatic rings. The molecule has 3 rings (SSSR count). The van der Waals surface area contributed by atoms with E-state index < -0.39 is 20.5 Å². The van der Waals surface area contributed by atoms with Crippen LogP contribution >= 0.6 is 11.6 Å². The number of ether oxygens (including phenoxy) is 1. The maximum atomic E-state index is 13.4. The summed E-state index contributed by atoms with van der Waals surface area (Å²) in [5, 5.41) is -0.0315. The molecule has 0 amide bonds. The molecule has 140 valence electrons. The van der Waals surface area contributed by atoms with E-state index in [0.717, 1.165) is 11.1 Å². The van der Waals surface area contributed by atoms with Crippen molar-refractivity contribution in [2.24, 2.45) is 11.1 Å². The van der Waals surface area contributed by atoms with Crippen LogP contribution in [0.25, 0.3) is 0 Å². The van der Waals surface area contributed by atoms with Crippen LogP contribution < -0.4 is 5.73 Å². The van der Waals surface area contributed by atoms with Gasteiger partial charge in [0.2, 0.25) is 0 Å². The molecule has 6 heteroatoms. The minimum absolute atomic E-state index is 0.232. The van der Waals surface area contributed by atoms with E-state index in [1.807, 2.05) is 44.2 Å². The lowest BCUT2D eigenvalue weighted by molar-refractivity contribution is 0.101. The Morgan fingerprint density at radius 3 is 2.46 bits per heavy atom. The van der Waals surface area contributed by atoms with Crippen molar-refractivity contribution in [3.05, 3.63) is 64.7 Å². The molecular formula is C20H24ClNO3S. The number of sulfone groups is 1. The fraction of sp³-hybridized carbons (Fsp3) is 0.400. The quantitative estimate of drug-likeness (QED) is 0.780. The minimum atomic E-state index is -3.55. The molecule has 0 spiro atoms. The number of hydrogen-bond donors (Lipinski definition) is 1. The van der Waals surface area contributed by atoms with Crippen molar-refractivity contribution < 1.29 is 13.2 Å². The van der Waals surface area contributed by atoms with E-state index in [1.165, 1.54) is 0 Å². The van der Waals surface area contributed by atoms with Crippen LogP contribution in [0.1, 0.15) is 24.0 Å². The molecular weight excluding hydrogens is 370 g/mol. The summed E-state index contributed by atoms with van der Waals surface area (Å²) in [4.78, 5) is 0.326. The van der Waals surface area contributed by atoms with Crippen molar-refractivity contribution >= 4 is 21.4 Å². The van der Waals surface area contributed by atoms with Gasteiger partial charge in [0, 0.05) is 29.5 Å². The smallest absolute Gasteiger partial charge is 0.182 e. The van der Waals surface area contributed by atoms with Crippen LogP contribution in [0.4, 0.5) is 0 Å². The van der Waals surface area contributed by atoms with Gasteiger partial charge in [0.1, 0.15) is 0 Å². The van der Waals surface area contributed by atoms with Gasteiger partial charge in [-0.1, -0.05) is 41.4 Å². The lowest BCUT2D eigenvalue weighted by atomic mass is 10.00. The van der Waals surface area contributed by atoms with Crippen LogP contribution in [-0.4, -0.2) is 33.4 Å². The number of aryl methyl sites for hydroxylation is 1. The zero-order valence-corrected chi connectivity index (χ0v) is 16.6. The first-order valence-electron chi connectivity index (χ1n) is 8.70. The van der Waals surface area contributed by atoms with Crippen LogP contribution in [0.3, 0.4) is 0 Å². The van der Waals surface area contributed by atoms with E-state index in [1.54, 1.807) is 18.2 Å². The van der Waals surface area contributed by atoms with E-state index in [-0.39, 0.29) is 12.5 Å². The summed E-state index contributed by atoms with van der Waals surface area (Å²) in [7, 11) is -3.55. The lowest BCUT2D eigenvalue weighted by Crippen LogP contribution is -2.29. The molecule has 3 atom stereocenters. The Morgan fingerprint density at radius 1 is 1.19 bits per heavy atom. The molecule has 26 heavy (non-hydrogen) atoms. The summed E-state index contributed by atoms with van der Waals surface area (Å²) in [5.41, 5.74) is 7.36. The third-order valence-electron chi connectivity index (χ3n) is 5.23. The van der Waals surface area contributed by atoms with Crippen molar-refractivity contribution in [3.8, 4) is 0 Å². The molecule has 0 bridgehead atoms. The second-order valence-electron chi connectivity index (χ2n) is 6.89. The Balaban J connectivity index is 2.05. The number of halogens is 1. The molecule has 2 aromatic carbocycles. The normalized spacial score (nSPS) is 25.2. The standard InChI is InChI=1S/C20H24ClNO3S/c1-3-25-13-20(12-22)18(15-5-4-6-16(21)11-15)19(20)26(23,24)17-9-7-14(2)8-10-17/h4-11,18-19H,3,12-13,22H2,1-2H3/t18-,19-,20+/m0/s1. The summed E-state index contributed by atoms with van der Waals surface area (Å²) in [5.74, 6) is -0.232. The summed E-state index contributed by atoms with van der Waals surface area (Å²) in [6, 6.07) is 14.3. The van der Waals surface area contributed by atoms with Gasteiger partial charge in [0.05, 0.1) is 16.8 Å². The van der Waals surface area contributed by atoms with E-state index in [0.29, 0.717) is 23.1 Å². The third kappa shape index (κ3) is 3.29. The average Bonchev–Trinajstić information content (AvgIpc) is 3.31. The number of rotatable bonds is 7. The van der Waals surface area contributed by atoms with E-state index in [2.05, 4.69) is 0 Å². The van der Waals surface area contributed by atoms with Gasteiger partial charge in [-0.15, -0.1) is 0 Å². The van der Waals surface area contributed by atoms with Crippen molar-refractivity contribution in [1.82, 2.24) is 0 Å². The van der Waals surface area contributed by atoms with Crippen molar-refractivity contribution in [1.29, 1.82) is 0 Å². The first-order chi connectivity index (χ1) is 12.4. The van der Waals surface area contributed by atoms with E-state index in [4.69, 9.17) is 22.1 Å². The number of nitrogens with two attached hydrogens (primary N) is 1. The molecule has 0 aliphatic heterocycles. The Kier molecular flexibility index (Phi) is 5.45. The molecule has 2 N–H and O–H groups in total. The molecule has 0 saturated heterocycles. The SMILES string of the molecule is CCOC[C@]1(CN)[C@@H](c2cccc(Cl)c2)[C@@H]1S(=O)(=O)c1ccc(C)cc1. The van der Waals surface area contributed by atoms with Crippen LogP contribution in [0, 0.1) is 12.3 Å². The Morgan fingerprint density at radius 2 is 1.88 bits per heavy atom. The molecule has 1 aliphatic carbocycles. The van der Waals surface area contributed by atoms with Crippen LogP contribution in [0.15, 0.2) is 53.4 Å². The highest BCUT2D eigenvalue weighted by Gasteiger charge is 2.70. The van der Waals surface area contributed by atoms with E-state index >= 15 is 0 Å².